The number of nitrogens with one attached hydrogen (secondary N) is 2. The van der Waals surface area contributed by atoms with E-state index in [-0.39, 0.29) is 5.78 Å². The van der Waals surface area contributed by atoms with E-state index >= 15 is 0 Å². The normalized spacial score (nSPS) is 10.4. The topological polar surface area (TPSA) is 41.1 Å². The van der Waals surface area contributed by atoms with Gasteiger partial charge >= 0.3 is 0 Å². The Morgan fingerprint density at radius 1 is 0.760 bits per heavy atom. The molecule has 0 bridgehead atoms. The first-order valence-electron chi connectivity index (χ1n) is 8.33. The second kappa shape index (κ2) is 7.22. The molecule has 0 aliphatic rings. The van der Waals surface area contributed by atoms with Crippen molar-refractivity contribution in [1.82, 2.24) is 0 Å². The number of carbonyl (C=O) groups is 1. The van der Waals surface area contributed by atoms with Crippen LogP contribution in [0.15, 0.2) is 66.7 Å². The molecule has 0 radical (unpaired) electrons. The Balaban J connectivity index is 1.87. The molecule has 0 atom stereocenters. The van der Waals surface area contributed by atoms with Crippen LogP contribution in [0.25, 0.3) is 11.1 Å². The first-order chi connectivity index (χ1) is 12.0. The molecule has 3 rings (SSSR count). The summed E-state index contributed by atoms with van der Waals surface area (Å²) in [7, 11) is 0. The number of hydrogen-bond donors (Lipinski definition) is 2. The van der Waals surface area contributed by atoms with Gasteiger partial charge in [0.2, 0.25) is 0 Å². The van der Waals surface area contributed by atoms with Gasteiger partial charge in [-0.05, 0) is 50.6 Å². The minimum Gasteiger partial charge on any atom is -0.301 e. The number of Topliss-reactive ketones (excluding diaryl/α,β-unsaturated/α-hetero) is 1. The SMILES string of the molecule is CC(=O)c1ccc(-c2cc(C)ccc2NNc2ccc(C)cc2)cc1. The number of carbonyl (C=O) groups excluding carboxylic acids is 1. The van der Waals surface area contributed by atoms with Crippen LogP contribution in [0.3, 0.4) is 0 Å². The van der Waals surface area contributed by atoms with Crippen molar-refractivity contribution in [1.29, 1.82) is 0 Å². The predicted molar refractivity (Wildman–Crippen MR) is 105 cm³/mol. The maximum Gasteiger partial charge on any atom is 0.159 e. The molecule has 3 nitrogen and oxygen atoms in total. The number of anilines is 2. The quantitative estimate of drug-likeness (QED) is 0.472. The highest BCUT2D eigenvalue weighted by molar-refractivity contribution is 5.94. The molecular formula is C22H22N2O. The number of hydrazine groups is 1. The predicted octanol–water partition coefficient (Wildman–Crippen LogP) is 5.61. The number of aryl methyl sites for hydroxylation is 2. The summed E-state index contributed by atoms with van der Waals surface area (Å²) >= 11 is 0. The number of rotatable bonds is 5. The largest absolute Gasteiger partial charge is 0.301 e. The van der Waals surface area contributed by atoms with Crippen molar-refractivity contribution in [2.75, 3.05) is 10.9 Å². The van der Waals surface area contributed by atoms with Crippen LogP contribution in [0, 0.1) is 13.8 Å². The van der Waals surface area contributed by atoms with Crippen molar-refractivity contribution in [3.63, 3.8) is 0 Å². The van der Waals surface area contributed by atoms with Gasteiger partial charge in [-0.25, -0.2) is 0 Å². The fourth-order valence-electron chi connectivity index (χ4n) is 2.67. The van der Waals surface area contributed by atoms with Gasteiger partial charge in [-0.2, -0.15) is 0 Å². The third-order valence-electron chi connectivity index (χ3n) is 4.17. The third kappa shape index (κ3) is 4.07. The molecule has 0 unspecified atom stereocenters. The lowest BCUT2D eigenvalue weighted by Gasteiger charge is -2.15. The molecule has 0 heterocycles. The van der Waals surface area contributed by atoms with E-state index in [0.29, 0.717) is 0 Å². The summed E-state index contributed by atoms with van der Waals surface area (Å²) < 4.78 is 0. The fourth-order valence-corrected chi connectivity index (χ4v) is 2.67. The Labute approximate surface area is 148 Å². The first-order valence-corrected chi connectivity index (χ1v) is 8.33. The van der Waals surface area contributed by atoms with Gasteiger partial charge in [0.15, 0.2) is 5.78 Å². The molecule has 3 aromatic rings. The van der Waals surface area contributed by atoms with Gasteiger partial charge in [-0.15, -0.1) is 0 Å². The van der Waals surface area contributed by atoms with Gasteiger partial charge in [-0.1, -0.05) is 53.6 Å². The monoisotopic (exact) mass is 330 g/mol. The van der Waals surface area contributed by atoms with Gasteiger partial charge < -0.3 is 10.9 Å². The maximum absolute atomic E-state index is 11.5. The summed E-state index contributed by atoms with van der Waals surface area (Å²) in [4.78, 5) is 11.5. The third-order valence-corrected chi connectivity index (χ3v) is 4.17. The van der Waals surface area contributed by atoms with Gasteiger partial charge in [0.1, 0.15) is 0 Å². The molecule has 0 amide bonds. The zero-order chi connectivity index (χ0) is 17.8. The van der Waals surface area contributed by atoms with Gasteiger partial charge in [0, 0.05) is 11.1 Å². The van der Waals surface area contributed by atoms with E-state index in [2.05, 4.69) is 55.0 Å². The van der Waals surface area contributed by atoms with Crippen LogP contribution in [0.5, 0.6) is 0 Å². The highest BCUT2D eigenvalue weighted by Gasteiger charge is 2.07. The highest BCUT2D eigenvalue weighted by atomic mass is 16.1. The zero-order valence-electron chi connectivity index (χ0n) is 14.8. The number of hydrogen-bond acceptors (Lipinski definition) is 3. The van der Waals surface area contributed by atoms with Crippen molar-refractivity contribution >= 4 is 17.2 Å². The fraction of sp³-hybridized carbons (Fsp3) is 0.136. The van der Waals surface area contributed by atoms with E-state index in [4.69, 9.17) is 0 Å². The second-order valence-electron chi connectivity index (χ2n) is 6.30. The minimum absolute atomic E-state index is 0.0789. The molecule has 0 saturated carbocycles. The van der Waals surface area contributed by atoms with Crippen LogP contribution >= 0.6 is 0 Å². The summed E-state index contributed by atoms with van der Waals surface area (Å²) in [6.07, 6.45) is 0. The summed E-state index contributed by atoms with van der Waals surface area (Å²) in [5.74, 6) is 0.0789. The molecule has 25 heavy (non-hydrogen) atoms. The Kier molecular flexibility index (Phi) is 4.85. The second-order valence-corrected chi connectivity index (χ2v) is 6.30. The van der Waals surface area contributed by atoms with E-state index < -0.39 is 0 Å². The molecule has 0 saturated heterocycles. The number of ketones is 1. The summed E-state index contributed by atoms with van der Waals surface area (Å²) in [6.45, 7) is 5.73. The zero-order valence-corrected chi connectivity index (χ0v) is 14.8. The lowest BCUT2D eigenvalue weighted by atomic mass is 9.99. The van der Waals surface area contributed by atoms with Crippen LogP contribution in [-0.4, -0.2) is 5.78 Å². The van der Waals surface area contributed by atoms with Crippen LogP contribution in [-0.2, 0) is 0 Å². The molecule has 0 fully saturated rings. The molecule has 0 spiro atoms. The van der Waals surface area contributed by atoms with Crippen LogP contribution in [0.4, 0.5) is 11.4 Å². The molecule has 3 heteroatoms. The van der Waals surface area contributed by atoms with Crippen molar-refractivity contribution in [2.45, 2.75) is 20.8 Å². The molecule has 2 N–H and O–H groups in total. The number of benzene rings is 3. The Morgan fingerprint density at radius 3 is 2.04 bits per heavy atom. The van der Waals surface area contributed by atoms with E-state index in [1.165, 1.54) is 11.1 Å². The summed E-state index contributed by atoms with van der Waals surface area (Å²) in [5, 5.41) is 0. The Hall–Kier alpha value is -3.07. The van der Waals surface area contributed by atoms with E-state index in [1.807, 2.05) is 36.4 Å². The molecule has 0 aliphatic carbocycles. The molecule has 0 aliphatic heterocycles. The van der Waals surface area contributed by atoms with Gasteiger partial charge in [0.05, 0.1) is 11.4 Å². The van der Waals surface area contributed by atoms with Crippen molar-refractivity contribution in [3.8, 4) is 11.1 Å². The van der Waals surface area contributed by atoms with Crippen molar-refractivity contribution in [3.05, 3.63) is 83.4 Å². The van der Waals surface area contributed by atoms with Crippen LogP contribution < -0.4 is 10.9 Å². The standard InChI is InChI=1S/C22H22N2O/c1-15-4-11-20(12-5-15)23-24-22-13-6-16(2)14-21(22)19-9-7-18(8-10-19)17(3)25/h4-14,23-24H,1-3H3. The van der Waals surface area contributed by atoms with Crippen LogP contribution in [0.2, 0.25) is 0 Å². The lowest BCUT2D eigenvalue weighted by Crippen LogP contribution is -2.09. The van der Waals surface area contributed by atoms with E-state index in [9.17, 15) is 4.79 Å². The molecule has 126 valence electrons. The van der Waals surface area contributed by atoms with E-state index in [1.54, 1.807) is 6.92 Å². The molecular weight excluding hydrogens is 308 g/mol. The first kappa shape index (κ1) is 16.8. The molecule has 3 aromatic carbocycles. The lowest BCUT2D eigenvalue weighted by molar-refractivity contribution is 0.101. The highest BCUT2D eigenvalue weighted by Crippen LogP contribution is 2.29. The van der Waals surface area contributed by atoms with Crippen LogP contribution in [0.1, 0.15) is 28.4 Å². The van der Waals surface area contributed by atoms with Crippen molar-refractivity contribution in [2.24, 2.45) is 0 Å². The average molecular weight is 330 g/mol. The van der Waals surface area contributed by atoms with Crippen molar-refractivity contribution < 1.29 is 4.79 Å². The van der Waals surface area contributed by atoms with Gasteiger partial charge in [0.25, 0.3) is 0 Å². The smallest absolute Gasteiger partial charge is 0.159 e. The summed E-state index contributed by atoms with van der Waals surface area (Å²) in [5.41, 5.74) is 13.8. The van der Waals surface area contributed by atoms with E-state index in [0.717, 1.165) is 28.1 Å². The average Bonchev–Trinajstić information content (AvgIpc) is 2.62. The Bertz CT molecular complexity index is 881. The minimum atomic E-state index is 0.0789. The van der Waals surface area contributed by atoms with Gasteiger partial charge in [-0.3, -0.25) is 4.79 Å². The maximum atomic E-state index is 11.5. The Morgan fingerprint density at radius 2 is 1.40 bits per heavy atom. The molecule has 0 aromatic heterocycles. The summed E-state index contributed by atoms with van der Waals surface area (Å²) in [6, 6.07) is 22.2.